The van der Waals surface area contributed by atoms with Gasteiger partial charge >= 0.3 is 6.09 Å². The van der Waals surface area contributed by atoms with Gasteiger partial charge in [0.2, 0.25) is 0 Å². The van der Waals surface area contributed by atoms with E-state index < -0.39 is 6.09 Å². The van der Waals surface area contributed by atoms with Gasteiger partial charge in [-0.3, -0.25) is 0 Å². The summed E-state index contributed by atoms with van der Waals surface area (Å²) in [6.07, 6.45) is 1.24. The number of ether oxygens (including phenoxy) is 1. The van der Waals surface area contributed by atoms with E-state index in [1.54, 1.807) is 6.54 Å². The summed E-state index contributed by atoms with van der Waals surface area (Å²) < 4.78 is 5.20. The first kappa shape index (κ1) is 12.6. The van der Waals surface area contributed by atoms with Crippen LogP contribution in [0.3, 0.4) is 0 Å². The second-order valence-electron chi connectivity index (χ2n) is 3.60. The number of nitrogens with one attached hydrogen (secondary N) is 1. The number of unbranched alkanes of at least 4 members (excludes halogenated alkanes) is 1. The van der Waals surface area contributed by atoms with E-state index >= 15 is 0 Å². The summed E-state index contributed by atoms with van der Waals surface area (Å²) in [4.78, 5) is 11.3. The van der Waals surface area contributed by atoms with Gasteiger partial charge in [0.05, 0.1) is 6.54 Å². The van der Waals surface area contributed by atoms with Gasteiger partial charge in [0, 0.05) is 0 Å². The predicted molar refractivity (Wildman–Crippen MR) is 63.7 cm³/mol. The van der Waals surface area contributed by atoms with Crippen LogP contribution < -0.4 is 5.32 Å². The SMILES string of the molecule is CCC[CH]NC(=O)OC(C)c1ccccc1. The molecule has 1 aromatic carbocycles. The third kappa shape index (κ3) is 4.34. The van der Waals surface area contributed by atoms with Crippen LogP contribution >= 0.6 is 0 Å². The van der Waals surface area contributed by atoms with E-state index in [0.717, 1.165) is 18.4 Å². The lowest BCUT2D eigenvalue weighted by Crippen LogP contribution is -2.22. The van der Waals surface area contributed by atoms with Crippen LogP contribution in [0.25, 0.3) is 0 Å². The van der Waals surface area contributed by atoms with Crippen LogP contribution in [0.5, 0.6) is 0 Å². The highest BCUT2D eigenvalue weighted by Crippen LogP contribution is 2.15. The third-order valence-corrected chi connectivity index (χ3v) is 2.21. The van der Waals surface area contributed by atoms with Crippen molar-refractivity contribution in [3.8, 4) is 0 Å². The number of carbonyl (C=O) groups excluding carboxylic acids is 1. The second-order valence-corrected chi connectivity index (χ2v) is 3.60. The summed E-state index contributed by atoms with van der Waals surface area (Å²) in [5.41, 5.74) is 0.994. The van der Waals surface area contributed by atoms with Gasteiger partial charge in [-0.15, -0.1) is 0 Å². The molecule has 1 N–H and O–H groups in total. The van der Waals surface area contributed by atoms with Crippen molar-refractivity contribution in [2.24, 2.45) is 0 Å². The molecule has 1 aromatic rings. The van der Waals surface area contributed by atoms with Crippen molar-refractivity contribution in [2.75, 3.05) is 0 Å². The maximum atomic E-state index is 11.3. The van der Waals surface area contributed by atoms with Crippen LogP contribution in [0.2, 0.25) is 0 Å². The molecule has 0 aromatic heterocycles. The van der Waals surface area contributed by atoms with Gasteiger partial charge in [-0.2, -0.15) is 0 Å². The van der Waals surface area contributed by atoms with Crippen molar-refractivity contribution in [2.45, 2.75) is 32.8 Å². The maximum Gasteiger partial charge on any atom is 0.408 e. The first-order valence-corrected chi connectivity index (χ1v) is 5.57. The minimum atomic E-state index is -0.398. The van der Waals surface area contributed by atoms with Crippen molar-refractivity contribution in [3.05, 3.63) is 42.4 Å². The fraction of sp³-hybridized carbons (Fsp3) is 0.385. The molecular formula is C13H18NO2. The molecule has 1 atom stereocenters. The summed E-state index contributed by atoms with van der Waals surface area (Å²) in [6.45, 7) is 5.63. The molecule has 0 aliphatic rings. The van der Waals surface area contributed by atoms with Gasteiger partial charge in [0.25, 0.3) is 0 Å². The van der Waals surface area contributed by atoms with Crippen LogP contribution in [0.15, 0.2) is 30.3 Å². The molecule has 16 heavy (non-hydrogen) atoms. The molecule has 0 bridgehead atoms. The molecule has 0 fully saturated rings. The number of hydrogen-bond acceptors (Lipinski definition) is 2. The first-order chi connectivity index (χ1) is 7.74. The van der Waals surface area contributed by atoms with Gasteiger partial charge in [-0.25, -0.2) is 4.79 Å². The quantitative estimate of drug-likeness (QED) is 0.772. The summed E-state index contributed by atoms with van der Waals surface area (Å²) in [5.74, 6) is 0. The largest absolute Gasteiger partial charge is 0.442 e. The van der Waals surface area contributed by atoms with E-state index in [4.69, 9.17) is 4.74 Å². The van der Waals surface area contributed by atoms with E-state index in [9.17, 15) is 4.79 Å². The molecule has 3 heteroatoms. The van der Waals surface area contributed by atoms with Gasteiger partial charge in [0.15, 0.2) is 0 Å². The van der Waals surface area contributed by atoms with Gasteiger partial charge in [0.1, 0.15) is 6.10 Å². The number of hydrogen-bond donors (Lipinski definition) is 1. The Balaban J connectivity index is 2.34. The summed E-state index contributed by atoms with van der Waals surface area (Å²) in [5, 5.41) is 2.60. The Morgan fingerprint density at radius 1 is 1.44 bits per heavy atom. The summed E-state index contributed by atoms with van der Waals surface area (Å²) in [7, 11) is 0. The van der Waals surface area contributed by atoms with Crippen LogP contribution in [-0.4, -0.2) is 6.09 Å². The van der Waals surface area contributed by atoms with Crippen molar-refractivity contribution >= 4 is 6.09 Å². The maximum absolute atomic E-state index is 11.3. The predicted octanol–water partition coefficient (Wildman–Crippen LogP) is 3.44. The lowest BCUT2D eigenvalue weighted by Gasteiger charge is -2.13. The molecule has 0 aliphatic carbocycles. The Morgan fingerprint density at radius 2 is 2.12 bits per heavy atom. The van der Waals surface area contributed by atoms with Crippen molar-refractivity contribution in [1.82, 2.24) is 5.32 Å². The fourth-order valence-electron chi connectivity index (χ4n) is 1.29. The van der Waals surface area contributed by atoms with Crippen LogP contribution in [0.4, 0.5) is 4.79 Å². The van der Waals surface area contributed by atoms with Crippen LogP contribution in [0.1, 0.15) is 38.4 Å². The number of carbonyl (C=O) groups is 1. The standard InChI is InChI=1S/C13H18NO2/c1-3-4-10-14-13(15)16-11(2)12-8-6-5-7-9-12/h5-11H,3-4H2,1-2H3,(H,14,15). The van der Waals surface area contributed by atoms with E-state index in [1.807, 2.05) is 37.3 Å². The summed E-state index contributed by atoms with van der Waals surface area (Å²) in [6, 6.07) is 9.67. The zero-order valence-corrected chi connectivity index (χ0v) is 9.77. The van der Waals surface area contributed by atoms with Gasteiger partial charge in [-0.1, -0.05) is 43.7 Å². The molecule has 0 spiro atoms. The number of amides is 1. The van der Waals surface area contributed by atoms with E-state index in [0.29, 0.717) is 0 Å². The van der Waals surface area contributed by atoms with Crippen molar-refractivity contribution in [1.29, 1.82) is 0 Å². The second kappa shape index (κ2) is 6.88. The fourth-order valence-corrected chi connectivity index (χ4v) is 1.29. The molecule has 0 heterocycles. The van der Waals surface area contributed by atoms with Gasteiger partial charge < -0.3 is 10.1 Å². The molecule has 0 saturated heterocycles. The zero-order valence-electron chi connectivity index (χ0n) is 9.77. The van der Waals surface area contributed by atoms with E-state index in [-0.39, 0.29) is 6.10 Å². The Hall–Kier alpha value is -1.51. The van der Waals surface area contributed by atoms with Crippen molar-refractivity contribution < 1.29 is 9.53 Å². The average Bonchev–Trinajstić information content (AvgIpc) is 2.30. The average molecular weight is 220 g/mol. The van der Waals surface area contributed by atoms with Crippen LogP contribution in [0, 0.1) is 6.54 Å². The molecule has 87 valence electrons. The number of benzene rings is 1. The summed E-state index contributed by atoms with van der Waals surface area (Å²) >= 11 is 0. The topological polar surface area (TPSA) is 38.3 Å². The molecule has 0 saturated carbocycles. The Labute approximate surface area is 96.8 Å². The highest BCUT2D eigenvalue weighted by Gasteiger charge is 2.10. The Bertz CT molecular complexity index is 311. The number of rotatable bonds is 5. The van der Waals surface area contributed by atoms with E-state index in [2.05, 4.69) is 12.2 Å². The Kier molecular flexibility index (Phi) is 5.40. The van der Waals surface area contributed by atoms with Crippen LogP contribution in [-0.2, 0) is 4.74 Å². The zero-order chi connectivity index (χ0) is 11.8. The van der Waals surface area contributed by atoms with Gasteiger partial charge in [-0.05, 0) is 18.9 Å². The smallest absolute Gasteiger partial charge is 0.408 e. The monoisotopic (exact) mass is 220 g/mol. The Morgan fingerprint density at radius 3 is 2.75 bits per heavy atom. The lowest BCUT2D eigenvalue weighted by atomic mass is 10.1. The molecule has 1 radical (unpaired) electrons. The molecular weight excluding hydrogens is 202 g/mol. The lowest BCUT2D eigenvalue weighted by molar-refractivity contribution is 0.109. The molecule has 1 rings (SSSR count). The van der Waals surface area contributed by atoms with E-state index in [1.165, 1.54) is 0 Å². The minimum Gasteiger partial charge on any atom is -0.442 e. The number of alkyl carbamates (subject to hydrolysis) is 1. The van der Waals surface area contributed by atoms with Crippen molar-refractivity contribution in [3.63, 3.8) is 0 Å². The third-order valence-electron chi connectivity index (χ3n) is 2.21. The molecule has 0 aliphatic heterocycles. The molecule has 1 amide bonds. The normalized spacial score (nSPS) is 11.9. The highest BCUT2D eigenvalue weighted by molar-refractivity contribution is 5.68. The molecule has 3 nitrogen and oxygen atoms in total. The highest BCUT2D eigenvalue weighted by atomic mass is 16.6. The molecule has 1 unspecified atom stereocenters. The minimum absolute atomic E-state index is 0.226. The first-order valence-electron chi connectivity index (χ1n) is 5.57.